The van der Waals surface area contributed by atoms with Gasteiger partial charge in [-0.3, -0.25) is 0 Å². The fourth-order valence-electron chi connectivity index (χ4n) is 1.84. The van der Waals surface area contributed by atoms with Crippen LogP contribution in [-0.2, 0) is 6.42 Å². The number of aromatic nitrogens is 2. The number of benzene rings is 1. The Morgan fingerprint density at radius 3 is 3.14 bits per heavy atom. The average molecular weight is 182 g/mol. The van der Waals surface area contributed by atoms with Gasteiger partial charge in [-0.15, -0.1) is 0 Å². The van der Waals surface area contributed by atoms with E-state index >= 15 is 0 Å². The predicted octanol–water partition coefficient (Wildman–Crippen LogP) is 2.44. The molecule has 2 heterocycles. The number of nitrogens with zero attached hydrogens (tertiary/aromatic N) is 2. The third-order valence-corrected chi connectivity index (χ3v) is 2.51. The van der Waals surface area contributed by atoms with Crippen LogP contribution in [0.5, 0.6) is 0 Å². The number of rotatable bonds is 0. The molecule has 0 saturated carbocycles. The first-order chi connectivity index (χ1) is 6.95. The van der Waals surface area contributed by atoms with Crippen LogP contribution in [0.3, 0.4) is 0 Å². The molecule has 0 N–H and O–H groups in total. The molecule has 1 aromatic carbocycles. The van der Waals surface area contributed by atoms with Crippen LogP contribution in [0.15, 0.2) is 42.7 Å². The second-order valence-electron chi connectivity index (χ2n) is 3.38. The quantitative estimate of drug-likeness (QED) is 0.612. The summed E-state index contributed by atoms with van der Waals surface area (Å²) >= 11 is 0. The van der Waals surface area contributed by atoms with Crippen LogP contribution in [0.25, 0.3) is 11.8 Å². The third kappa shape index (κ3) is 1.01. The average Bonchev–Trinajstić information content (AvgIpc) is 2.61. The van der Waals surface area contributed by atoms with Crippen molar-refractivity contribution in [2.24, 2.45) is 0 Å². The molecule has 3 rings (SSSR count). The fraction of sp³-hybridized carbons (Fsp3) is 0.0833. The molecule has 1 aliphatic rings. The van der Waals surface area contributed by atoms with Crippen molar-refractivity contribution in [3.8, 4) is 5.69 Å². The molecule has 14 heavy (non-hydrogen) atoms. The van der Waals surface area contributed by atoms with E-state index in [9.17, 15) is 0 Å². The van der Waals surface area contributed by atoms with Crippen LogP contribution in [0.2, 0.25) is 0 Å². The van der Waals surface area contributed by atoms with E-state index in [-0.39, 0.29) is 0 Å². The lowest BCUT2D eigenvalue weighted by molar-refractivity contribution is 0.936. The Morgan fingerprint density at radius 2 is 2.14 bits per heavy atom. The van der Waals surface area contributed by atoms with E-state index in [4.69, 9.17) is 0 Å². The number of hydrogen-bond acceptors (Lipinski definition) is 1. The summed E-state index contributed by atoms with van der Waals surface area (Å²) in [5.74, 6) is 1.10. The number of allylic oxidation sites excluding steroid dienone is 1. The minimum absolute atomic E-state index is 0.904. The normalized spacial score (nSPS) is 13.1. The zero-order chi connectivity index (χ0) is 9.38. The molecule has 0 saturated heterocycles. The van der Waals surface area contributed by atoms with Gasteiger partial charge in [-0.25, -0.2) is 4.98 Å². The first-order valence-corrected chi connectivity index (χ1v) is 4.73. The predicted molar refractivity (Wildman–Crippen MR) is 56.3 cm³/mol. The molecule has 0 spiro atoms. The summed E-state index contributed by atoms with van der Waals surface area (Å²) in [6.07, 6.45) is 9.09. The van der Waals surface area contributed by atoms with Gasteiger partial charge in [-0.1, -0.05) is 30.4 Å². The highest BCUT2D eigenvalue weighted by Crippen LogP contribution is 2.21. The van der Waals surface area contributed by atoms with Gasteiger partial charge >= 0.3 is 0 Å². The van der Waals surface area contributed by atoms with Crippen molar-refractivity contribution in [1.82, 2.24) is 9.55 Å². The summed E-state index contributed by atoms with van der Waals surface area (Å²) in [5.41, 5.74) is 2.47. The van der Waals surface area contributed by atoms with Gasteiger partial charge in [0.2, 0.25) is 0 Å². The third-order valence-electron chi connectivity index (χ3n) is 2.51. The molecule has 2 heteroatoms. The van der Waals surface area contributed by atoms with Crippen molar-refractivity contribution in [2.75, 3.05) is 0 Å². The molecule has 0 radical (unpaired) electrons. The summed E-state index contributed by atoms with van der Waals surface area (Å²) in [6, 6.07) is 8.37. The molecule has 0 atom stereocenters. The molecule has 0 amide bonds. The van der Waals surface area contributed by atoms with Gasteiger partial charge in [0.05, 0.1) is 5.69 Å². The summed E-state index contributed by atoms with van der Waals surface area (Å²) in [6.45, 7) is 0. The monoisotopic (exact) mass is 182 g/mol. The lowest BCUT2D eigenvalue weighted by Gasteiger charge is -2.06. The minimum atomic E-state index is 0.904. The van der Waals surface area contributed by atoms with Crippen molar-refractivity contribution >= 4 is 6.08 Å². The molecule has 1 aliphatic heterocycles. The van der Waals surface area contributed by atoms with E-state index in [0.717, 1.165) is 12.2 Å². The van der Waals surface area contributed by atoms with Crippen LogP contribution in [0, 0.1) is 0 Å². The first kappa shape index (κ1) is 7.56. The number of hydrogen-bond donors (Lipinski definition) is 0. The fourth-order valence-corrected chi connectivity index (χ4v) is 1.84. The lowest BCUT2D eigenvalue weighted by atomic mass is 10.1. The second kappa shape index (κ2) is 2.84. The minimum Gasteiger partial charge on any atom is -0.303 e. The summed E-state index contributed by atoms with van der Waals surface area (Å²) in [7, 11) is 0. The zero-order valence-electron chi connectivity index (χ0n) is 7.72. The summed E-state index contributed by atoms with van der Waals surface area (Å²) in [5, 5.41) is 0. The van der Waals surface area contributed by atoms with Crippen LogP contribution in [0.1, 0.15) is 11.4 Å². The van der Waals surface area contributed by atoms with Crippen molar-refractivity contribution in [1.29, 1.82) is 0 Å². The van der Waals surface area contributed by atoms with Crippen molar-refractivity contribution in [2.45, 2.75) is 6.42 Å². The van der Waals surface area contributed by atoms with Gasteiger partial charge in [0.1, 0.15) is 5.82 Å². The van der Waals surface area contributed by atoms with Gasteiger partial charge < -0.3 is 4.57 Å². The maximum atomic E-state index is 4.33. The molecular formula is C12H10N2. The van der Waals surface area contributed by atoms with Gasteiger partial charge in [0.25, 0.3) is 0 Å². The first-order valence-electron chi connectivity index (χ1n) is 4.73. The maximum Gasteiger partial charge on any atom is 0.117 e. The molecular weight excluding hydrogens is 172 g/mol. The van der Waals surface area contributed by atoms with Crippen molar-refractivity contribution in [3.05, 3.63) is 54.1 Å². The van der Waals surface area contributed by atoms with Crippen LogP contribution < -0.4 is 0 Å². The number of imidazole rings is 1. The second-order valence-corrected chi connectivity index (χ2v) is 3.38. The zero-order valence-corrected chi connectivity index (χ0v) is 7.72. The summed E-state index contributed by atoms with van der Waals surface area (Å²) < 4.78 is 2.15. The van der Waals surface area contributed by atoms with E-state index in [1.807, 2.05) is 12.4 Å². The van der Waals surface area contributed by atoms with Crippen molar-refractivity contribution < 1.29 is 0 Å². The van der Waals surface area contributed by atoms with E-state index < -0.39 is 0 Å². The highest BCUT2D eigenvalue weighted by Gasteiger charge is 2.08. The molecule has 1 aromatic heterocycles. The van der Waals surface area contributed by atoms with E-state index in [0.29, 0.717) is 0 Å². The van der Waals surface area contributed by atoms with Gasteiger partial charge in [0.15, 0.2) is 0 Å². The molecule has 2 nitrogen and oxygen atoms in total. The SMILES string of the molecule is C1=Cc2ccccc2-n2ccnc2C1. The van der Waals surface area contributed by atoms with E-state index in [1.165, 1.54) is 11.3 Å². The topological polar surface area (TPSA) is 17.8 Å². The Morgan fingerprint density at radius 1 is 1.21 bits per heavy atom. The molecule has 0 aliphatic carbocycles. The smallest absolute Gasteiger partial charge is 0.117 e. The van der Waals surface area contributed by atoms with Crippen molar-refractivity contribution in [3.63, 3.8) is 0 Å². The Labute approximate surface area is 82.5 Å². The number of fused-ring (bicyclic) bond motifs is 3. The van der Waals surface area contributed by atoms with E-state index in [2.05, 4.69) is 46.0 Å². The Kier molecular flexibility index (Phi) is 1.53. The molecule has 0 fully saturated rings. The van der Waals surface area contributed by atoms with Crippen LogP contribution in [-0.4, -0.2) is 9.55 Å². The van der Waals surface area contributed by atoms with Gasteiger partial charge in [0, 0.05) is 18.8 Å². The highest BCUT2D eigenvalue weighted by atomic mass is 15.1. The van der Waals surface area contributed by atoms with Gasteiger partial charge in [-0.2, -0.15) is 0 Å². The Hall–Kier alpha value is -1.83. The van der Waals surface area contributed by atoms with E-state index in [1.54, 1.807) is 0 Å². The van der Waals surface area contributed by atoms with Crippen LogP contribution >= 0.6 is 0 Å². The molecule has 2 aromatic rings. The highest BCUT2D eigenvalue weighted by molar-refractivity contribution is 5.62. The van der Waals surface area contributed by atoms with Gasteiger partial charge in [-0.05, 0) is 11.6 Å². The standard InChI is InChI=1S/C12H10N2/c1-2-6-11-10(4-1)5-3-7-12-13-8-9-14(11)12/h1-6,8-9H,7H2. The molecule has 0 bridgehead atoms. The van der Waals surface area contributed by atoms with Crippen LogP contribution in [0.4, 0.5) is 0 Å². The molecule has 68 valence electrons. The molecule has 0 unspecified atom stereocenters. The maximum absolute atomic E-state index is 4.33. The largest absolute Gasteiger partial charge is 0.303 e. The summed E-state index contributed by atoms with van der Waals surface area (Å²) in [4.78, 5) is 4.33. The Balaban J connectivity index is 2.34. The lowest BCUT2D eigenvalue weighted by Crippen LogP contribution is -1.98. The Bertz CT molecular complexity index is 495. The number of para-hydroxylation sites is 1.